The minimum absolute atomic E-state index is 0.0702. The van der Waals surface area contributed by atoms with Crippen molar-refractivity contribution in [1.29, 1.82) is 5.26 Å². The summed E-state index contributed by atoms with van der Waals surface area (Å²) in [5.41, 5.74) is -3.91. The molecular weight excluding hydrogens is 325 g/mol. The van der Waals surface area contributed by atoms with Crippen molar-refractivity contribution in [1.82, 2.24) is 5.32 Å². The van der Waals surface area contributed by atoms with E-state index in [9.17, 15) is 21.6 Å². The van der Waals surface area contributed by atoms with Crippen LogP contribution in [0.3, 0.4) is 0 Å². The van der Waals surface area contributed by atoms with Gasteiger partial charge in [-0.3, -0.25) is 0 Å². The van der Waals surface area contributed by atoms with E-state index >= 15 is 0 Å². The lowest BCUT2D eigenvalue weighted by Gasteiger charge is -2.07. The predicted octanol–water partition coefficient (Wildman–Crippen LogP) is 2.17. The van der Waals surface area contributed by atoms with Crippen LogP contribution in [0.15, 0.2) is 29.2 Å². The second-order valence-electron chi connectivity index (χ2n) is 4.00. The van der Waals surface area contributed by atoms with Crippen LogP contribution in [-0.2, 0) is 9.84 Å². The third-order valence-corrected chi connectivity index (χ3v) is 4.90. The Morgan fingerprint density at radius 3 is 2.33 bits per heavy atom. The summed E-state index contributed by atoms with van der Waals surface area (Å²) < 4.78 is 59.4. The van der Waals surface area contributed by atoms with Gasteiger partial charge in [-0.05, 0) is 36.0 Å². The van der Waals surface area contributed by atoms with Gasteiger partial charge in [-0.1, -0.05) is 0 Å². The Kier molecular flexibility index (Phi) is 6.51. The number of nitrogens with one attached hydrogen (secondary N) is 1. The quantitative estimate of drug-likeness (QED) is 0.772. The molecule has 0 amide bonds. The molecule has 0 radical (unpaired) electrons. The van der Waals surface area contributed by atoms with Crippen LogP contribution in [-0.4, -0.2) is 38.5 Å². The molecule has 0 aliphatic carbocycles. The summed E-state index contributed by atoms with van der Waals surface area (Å²) in [6.45, 7) is 0.147. The zero-order valence-corrected chi connectivity index (χ0v) is 12.5. The van der Waals surface area contributed by atoms with Crippen molar-refractivity contribution in [3.05, 3.63) is 29.8 Å². The van der Waals surface area contributed by atoms with E-state index in [-0.39, 0.29) is 41.3 Å². The van der Waals surface area contributed by atoms with Crippen LogP contribution in [0.1, 0.15) is 5.56 Å². The summed E-state index contributed by atoms with van der Waals surface area (Å²) in [6, 6.07) is 7.37. The van der Waals surface area contributed by atoms with Gasteiger partial charge in [0, 0.05) is 18.8 Å². The number of alkyl halides is 3. The fraction of sp³-hybridized carbons (Fsp3) is 0.417. The Hall–Kier alpha value is -1.24. The zero-order chi connectivity index (χ0) is 15.9. The summed E-state index contributed by atoms with van der Waals surface area (Å²) in [6.07, 6.45) is 0. The molecule has 0 heterocycles. The SMILES string of the molecule is N#Cc1ccc(S(=O)(=O)CCNCCSC(F)(F)F)cc1. The number of sulfone groups is 1. The molecule has 0 aromatic heterocycles. The van der Waals surface area contributed by atoms with Crippen LogP contribution < -0.4 is 5.32 Å². The topological polar surface area (TPSA) is 70.0 Å². The van der Waals surface area contributed by atoms with Gasteiger partial charge < -0.3 is 5.32 Å². The van der Waals surface area contributed by atoms with Crippen molar-refractivity contribution >= 4 is 21.6 Å². The standard InChI is InChI=1S/C12H13F3N2O2S2/c13-12(14,15)20-7-5-17-6-8-21(18,19)11-3-1-10(9-16)2-4-11/h1-4,17H,5-8H2. The maximum atomic E-state index is 11.9. The van der Waals surface area contributed by atoms with Crippen molar-refractivity contribution in [3.8, 4) is 6.07 Å². The van der Waals surface area contributed by atoms with E-state index in [4.69, 9.17) is 5.26 Å². The molecule has 4 nitrogen and oxygen atoms in total. The lowest BCUT2D eigenvalue weighted by molar-refractivity contribution is -0.0327. The molecule has 0 atom stereocenters. The van der Waals surface area contributed by atoms with E-state index in [2.05, 4.69) is 5.32 Å². The maximum Gasteiger partial charge on any atom is 0.441 e. The van der Waals surface area contributed by atoms with Gasteiger partial charge in [-0.25, -0.2) is 8.42 Å². The van der Waals surface area contributed by atoms with Crippen LogP contribution in [0.5, 0.6) is 0 Å². The molecule has 0 bridgehead atoms. The fourth-order valence-electron chi connectivity index (χ4n) is 1.43. The minimum Gasteiger partial charge on any atom is -0.315 e. The summed E-state index contributed by atoms with van der Waals surface area (Å²) in [5.74, 6) is -0.379. The molecule has 0 saturated carbocycles. The Labute approximate surface area is 125 Å². The number of rotatable bonds is 7. The minimum atomic E-state index is -4.27. The molecule has 9 heteroatoms. The number of thioether (sulfide) groups is 1. The highest BCUT2D eigenvalue weighted by Gasteiger charge is 2.27. The number of nitriles is 1. The summed E-state index contributed by atoms with van der Waals surface area (Å²) in [7, 11) is -3.50. The van der Waals surface area contributed by atoms with Gasteiger partial charge in [0.15, 0.2) is 9.84 Å². The molecular formula is C12H13F3N2O2S2. The molecule has 1 N–H and O–H groups in total. The first kappa shape index (κ1) is 17.8. The molecule has 0 unspecified atom stereocenters. The molecule has 1 rings (SSSR count). The van der Waals surface area contributed by atoms with Gasteiger partial charge in [-0.2, -0.15) is 18.4 Å². The fourth-order valence-corrected chi connectivity index (χ4v) is 3.10. The van der Waals surface area contributed by atoms with Crippen LogP contribution in [0.2, 0.25) is 0 Å². The lowest BCUT2D eigenvalue weighted by atomic mass is 10.2. The van der Waals surface area contributed by atoms with E-state index in [0.717, 1.165) is 0 Å². The molecule has 1 aromatic carbocycles. The first-order chi connectivity index (χ1) is 9.74. The second kappa shape index (κ2) is 7.68. The number of benzene rings is 1. The van der Waals surface area contributed by atoms with Crippen molar-refractivity contribution in [2.75, 3.05) is 24.6 Å². The zero-order valence-electron chi connectivity index (χ0n) is 10.9. The monoisotopic (exact) mass is 338 g/mol. The predicted molar refractivity (Wildman–Crippen MR) is 74.6 cm³/mol. The smallest absolute Gasteiger partial charge is 0.315 e. The summed E-state index contributed by atoms with van der Waals surface area (Å²) >= 11 is -0.151. The van der Waals surface area contributed by atoms with Crippen molar-refractivity contribution in [3.63, 3.8) is 0 Å². The average Bonchev–Trinajstić information content (AvgIpc) is 2.41. The lowest BCUT2D eigenvalue weighted by Crippen LogP contribution is -2.25. The Morgan fingerprint density at radius 2 is 1.81 bits per heavy atom. The molecule has 0 aliphatic rings. The molecule has 1 aromatic rings. The highest BCUT2D eigenvalue weighted by molar-refractivity contribution is 8.00. The van der Waals surface area contributed by atoms with Crippen molar-refractivity contribution in [2.24, 2.45) is 0 Å². The molecule has 0 saturated heterocycles. The largest absolute Gasteiger partial charge is 0.441 e. The number of hydrogen-bond acceptors (Lipinski definition) is 5. The first-order valence-electron chi connectivity index (χ1n) is 5.89. The molecule has 21 heavy (non-hydrogen) atoms. The van der Waals surface area contributed by atoms with E-state index in [0.29, 0.717) is 5.56 Å². The van der Waals surface area contributed by atoms with E-state index in [1.165, 1.54) is 24.3 Å². The number of halogens is 3. The Balaban J connectivity index is 2.38. The molecule has 0 fully saturated rings. The second-order valence-corrected chi connectivity index (χ2v) is 7.27. The van der Waals surface area contributed by atoms with Crippen LogP contribution in [0.4, 0.5) is 13.2 Å². The van der Waals surface area contributed by atoms with Crippen LogP contribution in [0, 0.1) is 11.3 Å². The van der Waals surface area contributed by atoms with Gasteiger partial charge in [-0.15, -0.1) is 0 Å². The Morgan fingerprint density at radius 1 is 1.19 bits per heavy atom. The maximum absolute atomic E-state index is 11.9. The Bertz CT molecular complexity index is 592. The van der Waals surface area contributed by atoms with E-state index in [1.54, 1.807) is 0 Å². The highest BCUT2D eigenvalue weighted by atomic mass is 32.2. The van der Waals surface area contributed by atoms with Gasteiger partial charge in [0.1, 0.15) is 0 Å². The third kappa shape index (κ3) is 6.84. The van der Waals surface area contributed by atoms with Crippen LogP contribution in [0.25, 0.3) is 0 Å². The third-order valence-electron chi connectivity index (χ3n) is 2.43. The highest BCUT2D eigenvalue weighted by Crippen LogP contribution is 2.29. The molecule has 0 aliphatic heterocycles. The number of nitrogens with zero attached hydrogens (tertiary/aromatic N) is 1. The van der Waals surface area contributed by atoms with Gasteiger partial charge in [0.05, 0.1) is 22.3 Å². The molecule has 0 spiro atoms. The number of hydrogen-bond donors (Lipinski definition) is 1. The van der Waals surface area contributed by atoms with Crippen molar-refractivity contribution < 1.29 is 21.6 Å². The van der Waals surface area contributed by atoms with Gasteiger partial charge in [0.2, 0.25) is 0 Å². The van der Waals surface area contributed by atoms with Crippen molar-refractivity contribution in [2.45, 2.75) is 10.4 Å². The van der Waals surface area contributed by atoms with E-state index < -0.39 is 15.3 Å². The van der Waals surface area contributed by atoms with Gasteiger partial charge in [0.25, 0.3) is 0 Å². The van der Waals surface area contributed by atoms with Crippen LogP contribution >= 0.6 is 11.8 Å². The van der Waals surface area contributed by atoms with E-state index in [1.807, 2.05) is 6.07 Å². The first-order valence-corrected chi connectivity index (χ1v) is 8.53. The summed E-state index contributed by atoms with van der Waals surface area (Å²) in [5, 5.41) is 11.3. The summed E-state index contributed by atoms with van der Waals surface area (Å²) in [4.78, 5) is 0.0907. The normalized spacial score (nSPS) is 12.1. The van der Waals surface area contributed by atoms with Gasteiger partial charge >= 0.3 is 5.51 Å². The average molecular weight is 338 g/mol. The molecule has 116 valence electrons.